The van der Waals surface area contributed by atoms with Gasteiger partial charge in [0.15, 0.2) is 0 Å². The minimum Gasteiger partial charge on any atom is -0.350 e. The maximum atomic E-state index is 12.5. The van der Waals surface area contributed by atoms with Crippen LogP contribution in [0.1, 0.15) is 15.2 Å². The van der Waals surface area contributed by atoms with Gasteiger partial charge in [-0.1, -0.05) is 30.3 Å². The van der Waals surface area contributed by atoms with Crippen LogP contribution >= 0.6 is 11.3 Å². The zero-order valence-electron chi connectivity index (χ0n) is 14.7. The number of hydrogen-bond donors (Lipinski definition) is 3. The molecular formula is C21H20N4OS. The molecule has 5 nitrogen and oxygen atoms in total. The van der Waals surface area contributed by atoms with Gasteiger partial charge >= 0.3 is 0 Å². The Kier molecular flexibility index (Phi) is 5.00. The molecule has 0 aliphatic heterocycles. The molecule has 0 aliphatic rings. The number of rotatable bonds is 6. The molecule has 0 bridgehead atoms. The lowest BCUT2D eigenvalue weighted by Gasteiger charge is -2.12. The Morgan fingerprint density at radius 3 is 2.85 bits per heavy atom. The third-order valence-electron chi connectivity index (χ3n) is 4.42. The normalized spacial score (nSPS) is 12.2. The number of aromatic nitrogens is 2. The number of H-pyrrole nitrogens is 1. The number of benzene rings is 1. The Bertz CT molecular complexity index is 1050. The molecule has 1 atom stereocenters. The lowest BCUT2D eigenvalue weighted by atomic mass is 10.1. The average molecular weight is 376 g/mol. The summed E-state index contributed by atoms with van der Waals surface area (Å²) >= 11 is 1.47. The molecule has 6 heteroatoms. The standard InChI is InChI=1S/C21H20N4OS/c22-15(12-14-4-2-1-3-5-14)13-25-21(26)19-7-6-18(27-19)16-8-10-23-20-17(16)9-11-24-20/h1-11,15H,12-13,22H2,(H,23,24)(H,25,26)/t15-/m0/s1. The van der Waals surface area contributed by atoms with E-state index < -0.39 is 0 Å². The number of fused-ring (bicyclic) bond motifs is 1. The summed E-state index contributed by atoms with van der Waals surface area (Å²) in [5, 5.41) is 4.00. The van der Waals surface area contributed by atoms with Crippen LogP contribution in [0.15, 0.2) is 67.0 Å². The van der Waals surface area contributed by atoms with Crippen molar-refractivity contribution >= 4 is 28.3 Å². The molecule has 27 heavy (non-hydrogen) atoms. The van der Waals surface area contributed by atoms with Crippen molar-refractivity contribution in [2.24, 2.45) is 5.73 Å². The highest BCUT2D eigenvalue weighted by Crippen LogP contribution is 2.32. The van der Waals surface area contributed by atoms with Gasteiger partial charge in [-0.3, -0.25) is 4.79 Å². The molecule has 0 saturated carbocycles. The number of aromatic amines is 1. The summed E-state index contributed by atoms with van der Waals surface area (Å²) in [7, 11) is 0. The first-order chi connectivity index (χ1) is 13.2. The lowest BCUT2D eigenvalue weighted by molar-refractivity contribution is 0.0955. The van der Waals surface area contributed by atoms with E-state index in [1.54, 1.807) is 6.20 Å². The van der Waals surface area contributed by atoms with Crippen LogP contribution in [0.3, 0.4) is 0 Å². The summed E-state index contributed by atoms with van der Waals surface area (Å²) in [4.78, 5) is 21.6. The van der Waals surface area contributed by atoms with Crippen LogP contribution in [0.2, 0.25) is 0 Å². The number of carbonyl (C=O) groups is 1. The summed E-state index contributed by atoms with van der Waals surface area (Å²) in [5.74, 6) is -0.0888. The summed E-state index contributed by atoms with van der Waals surface area (Å²) in [6.07, 6.45) is 4.38. The number of nitrogens with one attached hydrogen (secondary N) is 2. The van der Waals surface area contributed by atoms with Crippen LogP contribution in [-0.2, 0) is 6.42 Å². The predicted molar refractivity (Wildman–Crippen MR) is 110 cm³/mol. The molecule has 1 aromatic carbocycles. The molecule has 0 radical (unpaired) electrons. The highest BCUT2D eigenvalue weighted by atomic mass is 32.1. The van der Waals surface area contributed by atoms with Crippen molar-refractivity contribution in [1.29, 1.82) is 0 Å². The number of amides is 1. The maximum Gasteiger partial charge on any atom is 0.261 e. The molecule has 0 unspecified atom stereocenters. The Hall–Kier alpha value is -2.96. The van der Waals surface area contributed by atoms with Gasteiger partial charge in [-0.05, 0) is 36.2 Å². The molecule has 3 heterocycles. The number of carbonyl (C=O) groups excluding carboxylic acids is 1. The number of thiophene rings is 1. The third-order valence-corrected chi connectivity index (χ3v) is 5.54. The van der Waals surface area contributed by atoms with Crippen LogP contribution in [0.4, 0.5) is 0 Å². The van der Waals surface area contributed by atoms with E-state index in [4.69, 9.17) is 5.73 Å². The van der Waals surface area contributed by atoms with Crippen LogP contribution in [0.5, 0.6) is 0 Å². The molecule has 3 aromatic heterocycles. The van der Waals surface area contributed by atoms with Crippen molar-refractivity contribution < 1.29 is 4.79 Å². The maximum absolute atomic E-state index is 12.5. The van der Waals surface area contributed by atoms with Crippen molar-refractivity contribution in [2.75, 3.05) is 6.54 Å². The number of nitrogens with two attached hydrogens (primary N) is 1. The largest absolute Gasteiger partial charge is 0.350 e. The van der Waals surface area contributed by atoms with Crippen LogP contribution in [0.25, 0.3) is 21.5 Å². The Balaban J connectivity index is 1.41. The molecule has 0 saturated heterocycles. The number of hydrogen-bond acceptors (Lipinski definition) is 4. The summed E-state index contributed by atoms with van der Waals surface area (Å²) in [6, 6.07) is 17.8. The van der Waals surface area contributed by atoms with Crippen molar-refractivity contribution in [3.63, 3.8) is 0 Å². The minimum atomic E-state index is -0.115. The van der Waals surface area contributed by atoms with E-state index in [0.717, 1.165) is 27.9 Å². The highest BCUT2D eigenvalue weighted by molar-refractivity contribution is 7.17. The molecule has 1 amide bonds. The van der Waals surface area contributed by atoms with E-state index in [1.807, 2.05) is 60.8 Å². The average Bonchev–Trinajstić information content (AvgIpc) is 3.36. The zero-order valence-corrected chi connectivity index (χ0v) is 15.5. The van der Waals surface area contributed by atoms with Crippen molar-refractivity contribution in [1.82, 2.24) is 15.3 Å². The molecular weight excluding hydrogens is 356 g/mol. The van der Waals surface area contributed by atoms with E-state index in [9.17, 15) is 4.79 Å². The first-order valence-electron chi connectivity index (χ1n) is 8.81. The van der Waals surface area contributed by atoms with Crippen LogP contribution < -0.4 is 11.1 Å². The third kappa shape index (κ3) is 3.92. The fourth-order valence-electron chi connectivity index (χ4n) is 3.08. The van der Waals surface area contributed by atoms with E-state index in [1.165, 1.54) is 16.9 Å². The smallest absolute Gasteiger partial charge is 0.261 e. The van der Waals surface area contributed by atoms with E-state index in [0.29, 0.717) is 11.4 Å². The summed E-state index contributed by atoms with van der Waals surface area (Å²) in [5.41, 5.74) is 9.25. The lowest BCUT2D eigenvalue weighted by Crippen LogP contribution is -2.38. The fraction of sp³-hybridized carbons (Fsp3) is 0.143. The fourth-order valence-corrected chi connectivity index (χ4v) is 4.04. The van der Waals surface area contributed by atoms with E-state index in [-0.39, 0.29) is 11.9 Å². The van der Waals surface area contributed by atoms with Gasteiger partial charge in [0, 0.05) is 40.8 Å². The SMILES string of the molecule is N[C@H](CNC(=O)c1ccc(-c2ccnc3[nH]ccc23)s1)Cc1ccccc1. The van der Waals surface area contributed by atoms with Gasteiger partial charge in [0.2, 0.25) is 0 Å². The van der Waals surface area contributed by atoms with Crippen LogP contribution in [-0.4, -0.2) is 28.5 Å². The highest BCUT2D eigenvalue weighted by Gasteiger charge is 2.13. The van der Waals surface area contributed by atoms with E-state index in [2.05, 4.69) is 15.3 Å². The molecule has 4 N–H and O–H groups in total. The van der Waals surface area contributed by atoms with Gasteiger partial charge in [0.1, 0.15) is 5.65 Å². The summed E-state index contributed by atoms with van der Waals surface area (Å²) in [6.45, 7) is 0.443. The number of pyridine rings is 1. The Morgan fingerprint density at radius 2 is 2.00 bits per heavy atom. The quantitative estimate of drug-likeness (QED) is 0.481. The van der Waals surface area contributed by atoms with Crippen molar-refractivity contribution in [3.8, 4) is 10.4 Å². The first kappa shape index (κ1) is 17.5. The predicted octanol–water partition coefficient (Wildman–Crippen LogP) is 3.59. The monoisotopic (exact) mass is 376 g/mol. The molecule has 0 fully saturated rings. The van der Waals surface area contributed by atoms with Crippen molar-refractivity contribution in [2.45, 2.75) is 12.5 Å². The second-order valence-electron chi connectivity index (χ2n) is 6.42. The van der Waals surface area contributed by atoms with Gasteiger partial charge in [0.05, 0.1) is 4.88 Å². The second-order valence-corrected chi connectivity index (χ2v) is 7.51. The van der Waals surface area contributed by atoms with Gasteiger partial charge in [-0.25, -0.2) is 4.98 Å². The Morgan fingerprint density at radius 1 is 1.15 bits per heavy atom. The van der Waals surface area contributed by atoms with E-state index >= 15 is 0 Å². The van der Waals surface area contributed by atoms with Crippen LogP contribution in [0, 0.1) is 0 Å². The molecule has 4 aromatic rings. The van der Waals surface area contributed by atoms with Gasteiger partial charge < -0.3 is 16.0 Å². The first-order valence-corrected chi connectivity index (χ1v) is 9.62. The molecule has 136 valence electrons. The topological polar surface area (TPSA) is 83.8 Å². The van der Waals surface area contributed by atoms with Gasteiger partial charge in [-0.15, -0.1) is 11.3 Å². The van der Waals surface area contributed by atoms with Gasteiger partial charge in [0.25, 0.3) is 5.91 Å². The Labute approximate surface area is 161 Å². The molecule has 0 aliphatic carbocycles. The summed E-state index contributed by atoms with van der Waals surface area (Å²) < 4.78 is 0. The van der Waals surface area contributed by atoms with Gasteiger partial charge in [-0.2, -0.15) is 0 Å². The van der Waals surface area contributed by atoms with Crippen molar-refractivity contribution in [3.05, 3.63) is 77.4 Å². The minimum absolute atomic E-state index is 0.0888. The molecule has 0 spiro atoms. The molecule has 4 rings (SSSR count). The number of nitrogens with zero attached hydrogens (tertiary/aromatic N) is 1. The zero-order chi connectivity index (χ0) is 18.6. The second kappa shape index (κ2) is 7.73.